The smallest absolute Gasteiger partial charge is 0.230 e. The molecule has 96 valence electrons. The van der Waals surface area contributed by atoms with Crippen LogP contribution >= 0.6 is 11.6 Å². The SMILES string of the molecule is CC(C)C(CO)Nc1nc(Cl)nc(N(C)C)n1. The van der Waals surface area contributed by atoms with Crippen molar-refractivity contribution >= 4 is 23.5 Å². The van der Waals surface area contributed by atoms with Gasteiger partial charge in [-0.3, -0.25) is 0 Å². The minimum absolute atomic E-state index is 0.0122. The molecule has 2 N–H and O–H groups in total. The van der Waals surface area contributed by atoms with E-state index in [1.54, 1.807) is 4.90 Å². The van der Waals surface area contributed by atoms with Crippen molar-refractivity contribution in [3.63, 3.8) is 0 Å². The van der Waals surface area contributed by atoms with Crippen LogP contribution in [0, 0.1) is 5.92 Å². The fourth-order valence-electron chi connectivity index (χ4n) is 1.19. The van der Waals surface area contributed by atoms with Gasteiger partial charge in [0.05, 0.1) is 12.6 Å². The first kappa shape index (κ1) is 13.9. The fraction of sp³-hybridized carbons (Fsp3) is 0.700. The van der Waals surface area contributed by atoms with Gasteiger partial charge in [-0.1, -0.05) is 13.8 Å². The zero-order chi connectivity index (χ0) is 13.0. The lowest BCUT2D eigenvalue weighted by Crippen LogP contribution is -2.30. The van der Waals surface area contributed by atoms with Crippen molar-refractivity contribution in [3.05, 3.63) is 5.28 Å². The quantitative estimate of drug-likeness (QED) is 0.823. The van der Waals surface area contributed by atoms with Crippen LogP contribution in [-0.4, -0.2) is 46.8 Å². The second-order valence-electron chi connectivity index (χ2n) is 4.30. The summed E-state index contributed by atoms with van der Waals surface area (Å²) in [6.07, 6.45) is 0. The Kier molecular flexibility index (Phi) is 4.89. The maximum Gasteiger partial charge on any atom is 0.230 e. The molecule has 1 heterocycles. The maximum absolute atomic E-state index is 9.23. The standard InChI is InChI=1S/C10H18ClN5O/c1-6(2)7(5-17)12-9-13-8(11)14-10(15-9)16(3)4/h6-7,17H,5H2,1-4H3,(H,12,13,14,15). The minimum atomic E-state index is -0.108. The molecule has 7 heteroatoms. The van der Waals surface area contributed by atoms with Gasteiger partial charge in [-0.15, -0.1) is 0 Å². The largest absolute Gasteiger partial charge is 0.394 e. The van der Waals surface area contributed by atoms with Crippen LogP contribution in [0.2, 0.25) is 5.28 Å². The van der Waals surface area contributed by atoms with Crippen molar-refractivity contribution in [3.8, 4) is 0 Å². The summed E-state index contributed by atoms with van der Waals surface area (Å²) in [7, 11) is 3.64. The van der Waals surface area contributed by atoms with Gasteiger partial charge >= 0.3 is 0 Å². The van der Waals surface area contributed by atoms with Crippen molar-refractivity contribution in [2.75, 3.05) is 30.9 Å². The van der Waals surface area contributed by atoms with Gasteiger partial charge in [-0.05, 0) is 17.5 Å². The Hall–Kier alpha value is -1.14. The Morgan fingerprint density at radius 3 is 2.41 bits per heavy atom. The first-order valence-electron chi connectivity index (χ1n) is 5.40. The zero-order valence-corrected chi connectivity index (χ0v) is 11.2. The Morgan fingerprint density at radius 1 is 1.29 bits per heavy atom. The molecule has 6 nitrogen and oxygen atoms in total. The summed E-state index contributed by atoms with van der Waals surface area (Å²) in [6, 6.07) is -0.108. The average molecular weight is 260 g/mol. The lowest BCUT2D eigenvalue weighted by Gasteiger charge is -2.20. The number of anilines is 2. The molecule has 17 heavy (non-hydrogen) atoms. The van der Waals surface area contributed by atoms with E-state index in [0.717, 1.165) is 0 Å². The number of aliphatic hydroxyl groups excluding tert-OH is 1. The van der Waals surface area contributed by atoms with Crippen LogP contribution in [0.4, 0.5) is 11.9 Å². The van der Waals surface area contributed by atoms with Crippen LogP contribution in [0.3, 0.4) is 0 Å². The van der Waals surface area contributed by atoms with E-state index in [1.165, 1.54) is 0 Å². The molecule has 0 spiro atoms. The summed E-state index contributed by atoms with van der Waals surface area (Å²) in [4.78, 5) is 13.9. The molecule has 0 aliphatic carbocycles. The van der Waals surface area contributed by atoms with E-state index < -0.39 is 0 Å². The van der Waals surface area contributed by atoms with Gasteiger partial charge in [0.25, 0.3) is 0 Å². The fourth-order valence-corrected chi connectivity index (χ4v) is 1.35. The molecule has 1 unspecified atom stereocenters. The first-order chi connectivity index (χ1) is 7.93. The van der Waals surface area contributed by atoms with Gasteiger partial charge in [0.15, 0.2) is 0 Å². The van der Waals surface area contributed by atoms with Crippen molar-refractivity contribution < 1.29 is 5.11 Å². The van der Waals surface area contributed by atoms with Gasteiger partial charge in [-0.2, -0.15) is 15.0 Å². The Labute approximate surface area is 106 Å². The number of nitrogens with zero attached hydrogens (tertiary/aromatic N) is 4. The zero-order valence-electron chi connectivity index (χ0n) is 10.5. The lowest BCUT2D eigenvalue weighted by atomic mass is 10.1. The summed E-state index contributed by atoms with van der Waals surface area (Å²) in [5.41, 5.74) is 0. The maximum atomic E-state index is 9.23. The number of hydrogen-bond acceptors (Lipinski definition) is 6. The highest BCUT2D eigenvalue weighted by Gasteiger charge is 2.14. The number of nitrogens with one attached hydrogen (secondary N) is 1. The molecule has 0 aliphatic rings. The van der Waals surface area contributed by atoms with Crippen molar-refractivity contribution in [2.24, 2.45) is 5.92 Å². The van der Waals surface area contributed by atoms with Gasteiger partial charge in [0, 0.05) is 14.1 Å². The van der Waals surface area contributed by atoms with E-state index in [2.05, 4.69) is 20.3 Å². The second kappa shape index (κ2) is 5.97. The molecule has 0 aromatic carbocycles. The molecule has 0 saturated heterocycles. The lowest BCUT2D eigenvalue weighted by molar-refractivity contribution is 0.248. The van der Waals surface area contributed by atoms with E-state index in [-0.39, 0.29) is 23.9 Å². The highest BCUT2D eigenvalue weighted by Crippen LogP contribution is 2.14. The van der Waals surface area contributed by atoms with E-state index in [0.29, 0.717) is 11.9 Å². The summed E-state index contributed by atoms with van der Waals surface area (Å²) >= 11 is 5.81. The van der Waals surface area contributed by atoms with Crippen molar-refractivity contribution in [1.82, 2.24) is 15.0 Å². The van der Waals surface area contributed by atoms with Gasteiger partial charge < -0.3 is 15.3 Å². The van der Waals surface area contributed by atoms with E-state index in [9.17, 15) is 5.11 Å². The normalized spacial score (nSPS) is 12.6. The van der Waals surface area contributed by atoms with Crippen LogP contribution < -0.4 is 10.2 Å². The molecule has 0 fully saturated rings. The van der Waals surface area contributed by atoms with Crippen LogP contribution in [0.1, 0.15) is 13.8 Å². The third kappa shape index (κ3) is 3.98. The third-order valence-corrected chi connectivity index (χ3v) is 2.48. The van der Waals surface area contributed by atoms with Crippen LogP contribution in [-0.2, 0) is 0 Å². The molecule has 0 radical (unpaired) electrons. The summed E-state index contributed by atoms with van der Waals surface area (Å²) < 4.78 is 0. The predicted octanol–water partition coefficient (Wildman–Crippen LogP) is 1.02. The summed E-state index contributed by atoms with van der Waals surface area (Å²) in [5, 5.41) is 12.4. The van der Waals surface area contributed by atoms with Crippen LogP contribution in [0.25, 0.3) is 0 Å². The Balaban J connectivity index is 2.90. The van der Waals surface area contributed by atoms with E-state index in [1.807, 2.05) is 27.9 Å². The highest BCUT2D eigenvalue weighted by atomic mass is 35.5. The van der Waals surface area contributed by atoms with Crippen LogP contribution in [0.5, 0.6) is 0 Å². The number of halogens is 1. The van der Waals surface area contributed by atoms with E-state index >= 15 is 0 Å². The monoisotopic (exact) mass is 259 g/mol. The number of rotatable bonds is 5. The van der Waals surface area contributed by atoms with Crippen LogP contribution in [0.15, 0.2) is 0 Å². The molecule has 0 aliphatic heterocycles. The number of aromatic nitrogens is 3. The predicted molar refractivity (Wildman–Crippen MR) is 68.5 cm³/mol. The average Bonchev–Trinajstić information content (AvgIpc) is 2.24. The van der Waals surface area contributed by atoms with Crippen molar-refractivity contribution in [1.29, 1.82) is 0 Å². The third-order valence-electron chi connectivity index (χ3n) is 2.31. The number of aliphatic hydroxyl groups is 1. The molecule has 1 aromatic heterocycles. The summed E-state index contributed by atoms with van der Waals surface area (Å²) in [6.45, 7) is 4.02. The number of hydrogen-bond donors (Lipinski definition) is 2. The van der Waals surface area contributed by atoms with Crippen molar-refractivity contribution in [2.45, 2.75) is 19.9 Å². The molecule has 0 bridgehead atoms. The minimum Gasteiger partial charge on any atom is -0.394 e. The molecule has 0 saturated carbocycles. The molecular formula is C10H18ClN5O. The second-order valence-corrected chi connectivity index (χ2v) is 4.64. The topological polar surface area (TPSA) is 74.2 Å². The molecular weight excluding hydrogens is 242 g/mol. The highest BCUT2D eigenvalue weighted by molar-refractivity contribution is 6.28. The van der Waals surface area contributed by atoms with Gasteiger partial charge in [0.2, 0.25) is 17.2 Å². The molecule has 1 aromatic rings. The van der Waals surface area contributed by atoms with Gasteiger partial charge in [0.1, 0.15) is 0 Å². The molecule has 0 amide bonds. The molecule has 1 atom stereocenters. The van der Waals surface area contributed by atoms with E-state index in [4.69, 9.17) is 11.6 Å². The Bertz CT molecular complexity index is 372. The van der Waals surface area contributed by atoms with Gasteiger partial charge in [-0.25, -0.2) is 0 Å². The molecule has 1 rings (SSSR count). The summed E-state index contributed by atoms with van der Waals surface area (Å²) in [5.74, 6) is 1.12. The Morgan fingerprint density at radius 2 is 1.94 bits per heavy atom. The first-order valence-corrected chi connectivity index (χ1v) is 5.78.